The number of carbonyl (C=O) groups is 1. The third-order valence-electron chi connectivity index (χ3n) is 3.24. The predicted octanol–water partition coefficient (Wildman–Crippen LogP) is 1.32. The average molecular weight is 278 g/mol. The van der Waals surface area contributed by atoms with E-state index in [0.29, 0.717) is 25.3 Å². The third-order valence-corrected chi connectivity index (χ3v) is 3.24. The van der Waals surface area contributed by atoms with Crippen molar-refractivity contribution in [2.24, 2.45) is 5.73 Å². The highest BCUT2D eigenvalue weighted by atomic mass is 16.5. The van der Waals surface area contributed by atoms with Crippen LogP contribution in [-0.2, 0) is 4.74 Å². The molecule has 0 aromatic heterocycles. The molecule has 1 aliphatic rings. The summed E-state index contributed by atoms with van der Waals surface area (Å²) in [6.07, 6.45) is 3.15. The van der Waals surface area contributed by atoms with Crippen molar-refractivity contribution in [2.45, 2.75) is 25.4 Å². The monoisotopic (exact) mass is 278 g/mol. The molecule has 0 aliphatic carbocycles. The number of amides is 1. The van der Waals surface area contributed by atoms with E-state index in [1.54, 1.807) is 12.1 Å². The number of benzene rings is 1. The van der Waals surface area contributed by atoms with Gasteiger partial charge in [0.05, 0.1) is 6.10 Å². The van der Waals surface area contributed by atoms with E-state index in [9.17, 15) is 4.79 Å². The lowest BCUT2D eigenvalue weighted by atomic mass is 10.2. The van der Waals surface area contributed by atoms with Gasteiger partial charge in [-0.25, -0.2) is 0 Å². The van der Waals surface area contributed by atoms with Crippen molar-refractivity contribution in [1.29, 1.82) is 0 Å². The topological polar surface area (TPSA) is 73.6 Å². The molecule has 1 aliphatic heterocycles. The van der Waals surface area contributed by atoms with Crippen LogP contribution in [0.4, 0.5) is 0 Å². The summed E-state index contributed by atoms with van der Waals surface area (Å²) in [6.45, 7) is 2.58. The molecule has 1 heterocycles. The lowest BCUT2D eigenvalue weighted by molar-refractivity contribution is 0.0679. The zero-order valence-electron chi connectivity index (χ0n) is 11.6. The van der Waals surface area contributed by atoms with Crippen LogP contribution in [0.15, 0.2) is 24.3 Å². The molecule has 1 amide bonds. The van der Waals surface area contributed by atoms with Crippen molar-refractivity contribution < 1.29 is 14.3 Å². The molecule has 1 unspecified atom stereocenters. The fraction of sp³-hybridized carbons (Fsp3) is 0.533. The molecule has 5 nitrogen and oxygen atoms in total. The van der Waals surface area contributed by atoms with Crippen molar-refractivity contribution in [3.05, 3.63) is 29.8 Å². The minimum Gasteiger partial charge on any atom is -0.491 e. The summed E-state index contributed by atoms with van der Waals surface area (Å²) in [5, 5.41) is 2.82. The largest absolute Gasteiger partial charge is 0.491 e. The summed E-state index contributed by atoms with van der Waals surface area (Å²) in [6, 6.07) is 7.16. The Kier molecular flexibility index (Phi) is 5.83. The number of ether oxygens (including phenoxy) is 2. The zero-order valence-corrected chi connectivity index (χ0v) is 11.6. The molecule has 2 rings (SSSR count). The number of rotatable bonds is 7. The summed E-state index contributed by atoms with van der Waals surface area (Å²) < 4.78 is 11.1. The van der Waals surface area contributed by atoms with E-state index >= 15 is 0 Å². The smallest absolute Gasteiger partial charge is 0.251 e. The number of nitrogens with one attached hydrogen (secondary N) is 1. The first-order valence-electron chi connectivity index (χ1n) is 7.12. The molecule has 3 N–H and O–H groups in total. The van der Waals surface area contributed by atoms with Gasteiger partial charge in [-0.3, -0.25) is 4.79 Å². The zero-order chi connectivity index (χ0) is 14.2. The number of hydrogen-bond donors (Lipinski definition) is 2. The van der Waals surface area contributed by atoms with E-state index in [-0.39, 0.29) is 12.0 Å². The van der Waals surface area contributed by atoms with Crippen LogP contribution in [0.3, 0.4) is 0 Å². The van der Waals surface area contributed by atoms with Crippen LogP contribution in [0.2, 0.25) is 0 Å². The second-order valence-corrected chi connectivity index (χ2v) is 4.87. The van der Waals surface area contributed by atoms with Crippen LogP contribution in [0.5, 0.6) is 5.75 Å². The molecule has 5 heteroatoms. The highest BCUT2D eigenvalue weighted by Gasteiger charge is 2.16. The normalized spacial score (nSPS) is 17.9. The Hall–Kier alpha value is -1.59. The van der Waals surface area contributed by atoms with E-state index in [0.717, 1.165) is 31.6 Å². The van der Waals surface area contributed by atoms with Gasteiger partial charge in [0.15, 0.2) is 0 Å². The van der Waals surface area contributed by atoms with Crippen LogP contribution >= 0.6 is 0 Å². The first-order valence-corrected chi connectivity index (χ1v) is 7.12. The van der Waals surface area contributed by atoms with E-state index in [1.165, 1.54) is 0 Å². The minimum atomic E-state index is -0.0795. The maximum absolute atomic E-state index is 11.8. The van der Waals surface area contributed by atoms with E-state index < -0.39 is 0 Å². The molecule has 20 heavy (non-hydrogen) atoms. The standard InChI is InChI=1S/C15H22N2O3/c16-8-2-9-17-15(18)12-4-6-13(7-5-12)20-11-14-3-1-10-19-14/h4-7,14H,1-3,8-11,16H2,(H,17,18). The SMILES string of the molecule is NCCCNC(=O)c1ccc(OCC2CCCO2)cc1. The molecule has 1 aromatic carbocycles. The van der Waals surface area contributed by atoms with Gasteiger partial charge < -0.3 is 20.5 Å². The van der Waals surface area contributed by atoms with E-state index in [2.05, 4.69) is 5.32 Å². The quantitative estimate of drug-likeness (QED) is 0.738. The van der Waals surface area contributed by atoms with Gasteiger partial charge in [-0.05, 0) is 50.1 Å². The maximum Gasteiger partial charge on any atom is 0.251 e. The second-order valence-electron chi connectivity index (χ2n) is 4.87. The Morgan fingerprint density at radius 3 is 2.85 bits per heavy atom. The Labute approximate surface area is 119 Å². The molecule has 0 saturated carbocycles. The molecule has 1 fully saturated rings. The van der Waals surface area contributed by atoms with Crippen LogP contribution < -0.4 is 15.8 Å². The highest BCUT2D eigenvalue weighted by Crippen LogP contribution is 2.16. The number of nitrogens with two attached hydrogens (primary N) is 1. The third kappa shape index (κ3) is 4.51. The maximum atomic E-state index is 11.8. The molecule has 1 atom stereocenters. The number of carbonyl (C=O) groups excluding carboxylic acids is 1. The molecule has 0 spiro atoms. The van der Waals surface area contributed by atoms with Gasteiger partial charge in [-0.1, -0.05) is 0 Å². The highest BCUT2D eigenvalue weighted by molar-refractivity contribution is 5.94. The predicted molar refractivity (Wildman–Crippen MR) is 76.9 cm³/mol. The average Bonchev–Trinajstić information content (AvgIpc) is 2.99. The van der Waals surface area contributed by atoms with Crippen LogP contribution in [-0.4, -0.2) is 38.3 Å². The summed E-state index contributed by atoms with van der Waals surface area (Å²) in [7, 11) is 0. The summed E-state index contributed by atoms with van der Waals surface area (Å²) >= 11 is 0. The first kappa shape index (κ1) is 14.8. The fourth-order valence-corrected chi connectivity index (χ4v) is 2.07. The Morgan fingerprint density at radius 1 is 1.40 bits per heavy atom. The number of hydrogen-bond acceptors (Lipinski definition) is 4. The lowest BCUT2D eigenvalue weighted by Gasteiger charge is -2.11. The van der Waals surface area contributed by atoms with E-state index in [1.807, 2.05) is 12.1 Å². The van der Waals surface area contributed by atoms with Gasteiger partial charge in [0.1, 0.15) is 12.4 Å². The van der Waals surface area contributed by atoms with Gasteiger partial charge in [0.2, 0.25) is 0 Å². The molecule has 110 valence electrons. The van der Waals surface area contributed by atoms with Crippen molar-refractivity contribution >= 4 is 5.91 Å². The van der Waals surface area contributed by atoms with Gasteiger partial charge in [-0.2, -0.15) is 0 Å². The second kappa shape index (κ2) is 7.87. The lowest BCUT2D eigenvalue weighted by Crippen LogP contribution is -2.25. The molecule has 0 radical (unpaired) electrons. The van der Waals surface area contributed by atoms with Crippen LogP contribution in [0.1, 0.15) is 29.6 Å². The van der Waals surface area contributed by atoms with E-state index in [4.69, 9.17) is 15.2 Å². The van der Waals surface area contributed by atoms with Crippen molar-refractivity contribution in [3.63, 3.8) is 0 Å². The van der Waals surface area contributed by atoms with Gasteiger partial charge in [-0.15, -0.1) is 0 Å². The summed E-state index contributed by atoms with van der Waals surface area (Å²) in [5.74, 6) is 0.683. The Balaban J connectivity index is 1.78. The Bertz CT molecular complexity index is 414. The molecule has 1 aromatic rings. The van der Waals surface area contributed by atoms with Crippen molar-refractivity contribution in [3.8, 4) is 5.75 Å². The summed E-state index contributed by atoms with van der Waals surface area (Å²) in [4.78, 5) is 11.8. The van der Waals surface area contributed by atoms with Gasteiger partial charge in [0, 0.05) is 18.7 Å². The van der Waals surface area contributed by atoms with Crippen molar-refractivity contribution in [1.82, 2.24) is 5.32 Å². The van der Waals surface area contributed by atoms with Crippen LogP contribution in [0, 0.1) is 0 Å². The molecular weight excluding hydrogens is 256 g/mol. The molecule has 1 saturated heterocycles. The molecule has 0 bridgehead atoms. The van der Waals surface area contributed by atoms with Crippen molar-refractivity contribution in [2.75, 3.05) is 26.3 Å². The Morgan fingerprint density at radius 2 is 2.20 bits per heavy atom. The van der Waals surface area contributed by atoms with Gasteiger partial charge >= 0.3 is 0 Å². The van der Waals surface area contributed by atoms with Gasteiger partial charge in [0.25, 0.3) is 5.91 Å². The molecular formula is C15H22N2O3. The van der Waals surface area contributed by atoms with Crippen LogP contribution in [0.25, 0.3) is 0 Å². The fourth-order valence-electron chi connectivity index (χ4n) is 2.07. The first-order chi connectivity index (χ1) is 9.79. The summed E-state index contributed by atoms with van der Waals surface area (Å²) in [5.41, 5.74) is 6.01. The minimum absolute atomic E-state index is 0.0795.